The van der Waals surface area contributed by atoms with Gasteiger partial charge in [-0.05, 0) is 0 Å². The highest BCUT2D eigenvalue weighted by Crippen LogP contribution is 2.30. The van der Waals surface area contributed by atoms with Crippen molar-refractivity contribution in [2.75, 3.05) is 18.6 Å². The van der Waals surface area contributed by atoms with Crippen LogP contribution in [0.15, 0.2) is 0 Å². The largest absolute Gasteiger partial charge is 0.381 e. The predicted molar refractivity (Wildman–Crippen MR) is 46.0 cm³/mol. The van der Waals surface area contributed by atoms with Crippen molar-refractivity contribution >= 4 is 11.8 Å². The normalized spacial score (nSPS) is 43.9. The Morgan fingerprint density at radius 2 is 1.91 bits per heavy atom. The molecular weight excluding hydrogens is 160 g/mol. The van der Waals surface area contributed by atoms with Crippen LogP contribution in [0.4, 0.5) is 0 Å². The van der Waals surface area contributed by atoms with E-state index < -0.39 is 0 Å². The molecule has 0 aromatic heterocycles. The summed E-state index contributed by atoms with van der Waals surface area (Å²) < 4.78 is 11.1. The summed E-state index contributed by atoms with van der Waals surface area (Å²) in [7, 11) is 1.80. The fourth-order valence-electron chi connectivity index (χ4n) is 1.80. The highest BCUT2D eigenvalue weighted by atomic mass is 32.2. The molecule has 64 valence electrons. The third-order valence-corrected chi connectivity index (χ3v) is 3.59. The van der Waals surface area contributed by atoms with Gasteiger partial charge in [-0.25, -0.2) is 0 Å². The van der Waals surface area contributed by atoms with E-state index in [4.69, 9.17) is 9.47 Å². The molecule has 3 atom stereocenters. The molecule has 2 nitrogen and oxygen atoms in total. The van der Waals surface area contributed by atoms with Crippen molar-refractivity contribution < 1.29 is 9.47 Å². The topological polar surface area (TPSA) is 18.5 Å². The minimum Gasteiger partial charge on any atom is -0.381 e. The lowest BCUT2D eigenvalue weighted by molar-refractivity contribution is -0.0911. The average molecular weight is 174 g/mol. The Kier molecular flexibility index (Phi) is 2.39. The molecule has 0 aromatic carbocycles. The van der Waals surface area contributed by atoms with Gasteiger partial charge >= 0.3 is 0 Å². The van der Waals surface area contributed by atoms with Crippen LogP contribution in [0.3, 0.4) is 0 Å². The molecule has 0 aliphatic carbocycles. The molecule has 2 heterocycles. The van der Waals surface area contributed by atoms with E-state index in [1.807, 2.05) is 11.8 Å². The second kappa shape index (κ2) is 3.33. The van der Waals surface area contributed by atoms with E-state index >= 15 is 0 Å². The quantitative estimate of drug-likeness (QED) is 0.597. The van der Waals surface area contributed by atoms with Crippen LogP contribution in [0.1, 0.15) is 12.8 Å². The van der Waals surface area contributed by atoms with Crippen LogP contribution in [0, 0.1) is 0 Å². The van der Waals surface area contributed by atoms with E-state index in [0.29, 0.717) is 18.3 Å². The van der Waals surface area contributed by atoms with E-state index in [-0.39, 0.29) is 0 Å². The van der Waals surface area contributed by atoms with Crippen LogP contribution in [-0.2, 0) is 9.47 Å². The van der Waals surface area contributed by atoms with Crippen LogP contribution in [0.25, 0.3) is 0 Å². The van der Waals surface area contributed by atoms with E-state index in [1.165, 1.54) is 0 Å². The molecule has 3 heteroatoms. The molecule has 1 unspecified atom stereocenters. The molecule has 0 saturated carbocycles. The smallest absolute Gasteiger partial charge is 0.0694 e. The van der Waals surface area contributed by atoms with Crippen molar-refractivity contribution in [3.63, 3.8) is 0 Å². The number of fused-ring (bicyclic) bond motifs is 2. The first kappa shape index (κ1) is 7.90. The SMILES string of the molecule is COC1C[C@H]2CSC[C@@H](C1)O2. The first-order valence-corrected chi connectivity index (χ1v) is 5.30. The van der Waals surface area contributed by atoms with Crippen LogP contribution < -0.4 is 0 Å². The Morgan fingerprint density at radius 1 is 1.27 bits per heavy atom. The molecule has 2 rings (SSSR count). The second-order valence-corrected chi connectivity index (χ2v) is 4.32. The lowest BCUT2D eigenvalue weighted by Gasteiger charge is -2.38. The summed E-state index contributed by atoms with van der Waals surface area (Å²) in [6.07, 6.45) is 3.59. The number of hydrogen-bond acceptors (Lipinski definition) is 3. The van der Waals surface area contributed by atoms with Crippen molar-refractivity contribution in [1.29, 1.82) is 0 Å². The number of hydrogen-bond donors (Lipinski definition) is 0. The molecular formula is C8H14O2S. The van der Waals surface area contributed by atoms with E-state index in [2.05, 4.69) is 0 Å². The van der Waals surface area contributed by atoms with Gasteiger partial charge in [0.15, 0.2) is 0 Å². The number of methoxy groups -OCH3 is 1. The first-order chi connectivity index (χ1) is 5.38. The zero-order valence-corrected chi connectivity index (χ0v) is 7.60. The Labute approximate surface area is 71.6 Å². The Morgan fingerprint density at radius 3 is 2.45 bits per heavy atom. The van der Waals surface area contributed by atoms with Gasteiger partial charge in [0.1, 0.15) is 0 Å². The maximum Gasteiger partial charge on any atom is 0.0694 e. The van der Waals surface area contributed by atoms with Gasteiger partial charge in [0.05, 0.1) is 18.3 Å². The van der Waals surface area contributed by atoms with Crippen LogP contribution in [0.5, 0.6) is 0 Å². The minimum absolute atomic E-state index is 0.458. The van der Waals surface area contributed by atoms with Gasteiger partial charge in [0.25, 0.3) is 0 Å². The standard InChI is InChI=1S/C8H14O2S/c1-9-6-2-7-4-11-5-8(3-6)10-7/h6-8H,2-5H2,1H3/t6?,7-,8+. The average Bonchev–Trinajstić information content (AvgIpc) is 2.03. The van der Waals surface area contributed by atoms with Crippen LogP contribution >= 0.6 is 11.8 Å². The van der Waals surface area contributed by atoms with Crippen molar-refractivity contribution in [1.82, 2.24) is 0 Å². The van der Waals surface area contributed by atoms with Crippen molar-refractivity contribution in [2.45, 2.75) is 31.2 Å². The molecule has 0 N–H and O–H groups in total. The predicted octanol–water partition coefficient (Wildman–Crippen LogP) is 1.30. The maximum absolute atomic E-state index is 5.75. The second-order valence-electron chi connectivity index (χ2n) is 3.25. The highest BCUT2D eigenvalue weighted by molar-refractivity contribution is 7.99. The molecule has 0 aromatic rings. The van der Waals surface area contributed by atoms with E-state index in [0.717, 1.165) is 24.3 Å². The van der Waals surface area contributed by atoms with Crippen molar-refractivity contribution in [3.8, 4) is 0 Å². The zero-order valence-electron chi connectivity index (χ0n) is 6.79. The van der Waals surface area contributed by atoms with Gasteiger partial charge in [-0.3, -0.25) is 0 Å². The van der Waals surface area contributed by atoms with Crippen LogP contribution in [0.2, 0.25) is 0 Å². The van der Waals surface area contributed by atoms with Gasteiger partial charge in [0.2, 0.25) is 0 Å². The molecule has 11 heavy (non-hydrogen) atoms. The third-order valence-electron chi connectivity index (χ3n) is 2.38. The van der Waals surface area contributed by atoms with E-state index in [9.17, 15) is 0 Å². The molecule has 2 aliphatic rings. The maximum atomic E-state index is 5.75. The number of rotatable bonds is 1. The fraction of sp³-hybridized carbons (Fsp3) is 1.00. The number of thioether (sulfide) groups is 1. The highest BCUT2D eigenvalue weighted by Gasteiger charge is 2.32. The molecule has 2 saturated heterocycles. The molecule has 0 spiro atoms. The summed E-state index contributed by atoms with van der Waals surface area (Å²) >= 11 is 2.02. The summed E-state index contributed by atoms with van der Waals surface area (Å²) in [6, 6.07) is 0. The van der Waals surface area contributed by atoms with Gasteiger partial charge in [-0.15, -0.1) is 0 Å². The van der Waals surface area contributed by atoms with Gasteiger partial charge in [0, 0.05) is 31.5 Å². The molecule has 2 bridgehead atoms. The Hall–Kier alpha value is 0.270. The Bertz CT molecular complexity index is 128. The Balaban J connectivity index is 1.94. The monoisotopic (exact) mass is 174 g/mol. The van der Waals surface area contributed by atoms with Gasteiger partial charge < -0.3 is 9.47 Å². The van der Waals surface area contributed by atoms with Gasteiger partial charge in [-0.2, -0.15) is 11.8 Å². The summed E-state index contributed by atoms with van der Waals surface area (Å²) in [4.78, 5) is 0. The zero-order chi connectivity index (χ0) is 7.68. The van der Waals surface area contributed by atoms with Gasteiger partial charge in [-0.1, -0.05) is 0 Å². The first-order valence-electron chi connectivity index (χ1n) is 4.14. The molecule has 0 amide bonds. The molecule has 0 radical (unpaired) electrons. The minimum atomic E-state index is 0.458. The van der Waals surface area contributed by atoms with Crippen molar-refractivity contribution in [2.24, 2.45) is 0 Å². The van der Waals surface area contributed by atoms with Crippen molar-refractivity contribution in [3.05, 3.63) is 0 Å². The summed E-state index contributed by atoms with van der Waals surface area (Å²) in [5, 5.41) is 0. The van der Waals surface area contributed by atoms with E-state index in [1.54, 1.807) is 7.11 Å². The fourth-order valence-corrected chi connectivity index (χ4v) is 2.90. The summed E-state index contributed by atoms with van der Waals surface area (Å²) in [6.45, 7) is 0. The van der Waals surface area contributed by atoms with Crippen LogP contribution in [-0.4, -0.2) is 36.9 Å². The third kappa shape index (κ3) is 1.71. The summed E-state index contributed by atoms with van der Waals surface area (Å²) in [5.74, 6) is 2.33. The lowest BCUT2D eigenvalue weighted by atomic mass is 10.0. The molecule has 2 fully saturated rings. The lowest BCUT2D eigenvalue weighted by Crippen LogP contribution is -2.42. The molecule has 2 aliphatic heterocycles. The number of ether oxygens (including phenoxy) is 2. The summed E-state index contributed by atoms with van der Waals surface area (Å²) in [5.41, 5.74) is 0.